The summed E-state index contributed by atoms with van der Waals surface area (Å²) in [5.74, 6) is -1.85. The van der Waals surface area contributed by atoms with Crippen LogP contribution >= 0.6 is 23.4 Å². The quantitative estimate of drug-likeness (QED) is 0.201. The molecule has 0 aromatic heterocycles. The van der Waals surface area contributed by atoms with Crippen molar-refractivity contribution in [2.24, 2.45) is 0 Å². The number of carbonyl (C=O) groups is 4. The summed E-state index contributed by atoms with van der Waals surface area (Å²) in [4.78, 5) is 50.7. The zero-order chi connectivity index (χ0) is 29.6. The standard InChI is InChI=1S/C29H29ClN2O8S/c1-38-27(35)23(15-21-12-13-25(33)22(30)14-21)31-26(34)24(32-28(36)39-16-19-8-4-2-5-9-19)18-41-29(37)40-17-20-10-6-3-7-11-20/h2-14,23-24,33H,15-18H2,1H3,(H,31,34)(H,32,36)/t23-,24-/m0/s1. The summed E-state index contributed by atoms with van der Waals surface area (Å²) < 4.78 is 15.3. The summed E-state index contributed by atoms with van der Waals surface area (Å²) in [5.41, 5.74) is 2.06. The summed E-state index contributed by atoms with van der Waals surface area (Å²) in [6, 6.07) is 19.9. The number of phenolic OH excluding ortho intramolecular Hbond substituents is 1. The highest BCUT2D eigenvalue weighted by Gasteiger charge is 2.29. The van der Waals surface area contributed by atoms with Crippen LogP contribution in [0.4, 0.5) is 9.59 Å². The maximum Gasteiger partial charge on any atom is 0.408 e. The molecule has 216 valence electrons. The molecule has 0 fully saturated rings. The molecule has 0 radical (unpaired) electrons. The number of nitrogens with one attached hydrogen (secondary N) is 2. The SMILES string of the molecule is COC(=O)[C@H](Cc1ccc(O)c(Cl)c1)NC(=O)[C@H](CSC(=O)OCc1ccccc1)NC(=O)OCc1ccccc1. The van der Waals surface area contributed by atoms with Gasteiger partial charge in [0, 0.05) is 12.2 Å². The number of rotatable bonds is 12. The molecule has 12 heteroatoms. The number of hydrogen-bond acceptors (Lipinski definition) is 9. The lowest BCUT2D eigenvalue weighted by Gasteiger charge is -2.22. The molecule has 0 spiro atoms. The van der Waals surface area contributed by atoms with E-state index in [1.54, 1.807) is 42.5 Å². The highest BCUT2D eigenvalue weighted by Crippen LogP contribution is 2.24. The molecule has 0 aliphatic carbocycles. The smallest absolute Gasteiger partial charge is 0.408 e. The Bertz CT molecular complexity index is 1330. The second-order valence-corrected chi connectivity index (χ2v) is 10.0. The summed E-state index contributed by atoms with van der Waals surface area (Å²) in [6.07, 6.45) is -0.914. The third-order valence-corrected chi connectivity index (χ3v) is 6.80. The Hall–Kier alpha value is -4.22. The number of thioether (sulfide) groups is 1. The Balaban J connectivity index is 1.67. The van der Waals surface area contributed by atoms with E-state index in [9.17, 15) is 24.3 Å². The van der Waals surface area contributed by atoms with Gasteiger partial charge in [-0.2, -0.15) is 0 Å². The highest BCUT2D eigenvalue weighted by atomic mass is 35.5. The van der Waals surface area contributed by atoms with Gasteiger partial charge in [0.15, 0.2) is 0 Å². The van der Waals surface area contributed by atoms with Gasteiger partial charge in [-0.05, 0) is 40.6 Å². The molecule has 2 amide bonds. The van der Waals surface area contributed by atoms with Crippen LogP contribution in [-0.2, 0) is 43.4 Å². The van der Waals surface area contributed by atoms with Crippen molar-refractivity contribution in [2.45, 2.75) is 31.7 Å². The Morgan fingerprint density at radius 1 is 0.829 bits per heavy atom. The Morgan fingerprint density at radius 3 is 2.02 bits per heavy atom. The normalized spacial score (nSPS) is 12.0. The third kappa shape index (κ3) is 10.7. The van der Waals surface area contributed by atoms with E-state index >= 15 is 0 Å². The fourth-order valence-corrected chi connectivity index (χ4v) is 4.40. The van der Waals surface area contributed by atoms with E-state index in [1.165, 1.54) is 19.2 Å². The number of aromatic hydroxyl groups is 1. The van der Waals surface area contributed by atoms with Crippen molar-refractivity contribution < 1.29 is 38.5 Å². The first kappa shape index (κ1) is 31.3. The molecule has 3 rings (SSSR count). The topological polar surface area (TPSA) is 140 Å². The van der Waals surface area contributed by atoms with E-state index in [-0.39, 0.29) is 36.2 Å². The van der Waals surface area contributed by atoms with Crippen LogP contribution in [0.25, 0.3) is 0 Å². The van der Waals surface area contributed by atoms with Crippen LogP contribution in [0.2, 0.25) is 5.02 Å². The lowest BCUT2D eigenvalue weighted by molar-refractivity contribution is -0.145. The number of esters is 1. The first-order chi connectivity index (χ1) is 19.7. The molecule has 41 heavy (non-hydrogen) atoms. The minimum atomic E-state index is -1.27. The van der Waals surface area contributed by atoms with Crippen molar-refractivity contribution in [2.75, 3.05) is 12.9 Å². The zero-order valence-corrected chi connectivity index (χ0v) is 23.7. The molecule has 0 aliphatic heterocycles. The van der Waals surface area contributed by atoms with Gasteiger partial charge in [0.05, 0.1) is 12.1 Å². The van der Waals surface area contributed by atoms with Crippen LogP contribution < -0.4 is 10.6 Å². The summed E-state index contributed by atoms with van der Waals surface area (Å²) in [6.45, 7) is -0.00461. The number of halogens is 1. The van der Waals surface area contributed by atoms with E-state index in [0.29, 0.717) is 17.3 Å². The van der Waals surface area contributed by atoms with E-state index in [4.69, 9.17) is 25.8 Å². The van der Waals surface area contributed by atoms with Crippen molar-refractivity contribution in [1.82, 2.24) is 10.6 Å². The minimum absolute atomic E-state index is 0.0180. The van der Waals surface area contributed by atoms with Crippen molar-refractivity contribution in [3.05, 3.63) is 101 Å². The van der Waals surface area contributed by atoms with E-state index in [1.807, 2.05) is 24.3 Å². The average molecular weight is 601 g/mol. The molecule has 3 aromatic rings. The van der Waals surface area contributed by atoms with Crippen molar-refractivity contribution in [3.8, 4) is 5.75 Å². The number of phenols is 1. The number of methoxy groups -OCH3 is 1. The molecule has 10 nitrogen and oxygen atoms in total. The van der Waals surface area contributed by atoms with Gasteiger partial charge < -0.3 is 30.0 Å². The number of hydrogen-bond donors (Lipinski definition) is 3. The first-order valence-electron chi connectivity index (χ1n) is 12.4. The van der Waals surface area contributed by atoms with Crippen molar-refractivity contribution in [1.29, 1.82) is 0 Å². The lowest BCUT2D eigenvalue weighted by Crippen LogP contribution is -2.53. The van der Waals surface area contributed by atoms with Gasteiger partial charge >= 0.3 is 17.4 Å². The molecule has 0 saturated heterocycles. The van der Waals surface area contributed by atoms with Gasteiger partial charge in [-0.1, -0.05) is 78.3 Å². The number of ether oxygens (including phenoxy) is 3. The summed E-state index contributed by atoms with van der Waals surface area (Å²) in [7, 11) is 1.17. The summed E-state index contributed by atoms with van der Waals surface area (Å²) >= 11 is 6.66. The molecule has 0 heterocycles. The van der Waals surface area contributed by atoms with Crippen LogP contribution in [0, 0.1) is 0 Å². The number of benzene rings is 3. The van der Waals surface area contributed by atoms with Gasteiger partial charge in [-0.3, -0.25) is 4.79 Å². The Labute approximate surface area is 246 Å². The van der Waals surface area contributed by atoms with Gasteiger partial charge in [-0.25, -0.2) is 14.4 Å². The Morgan fingerprint density at radius 2 is 1.44 bits per heavy atom. The molecule has 3 aromatic carbocycles. The van der Waals surface area contributed by atoms with E-state index < -0.39 is 35.4 Å². The third-order valence-electron chi connectivity index (χ3n) is 5.64. The Kier molecular flexibility index (Phi) is 12.3. The lowest BCUT2D eigenvalue weighted by atomic mass is 10.1. The second-order valence-electron chi connectivity index (χ2n) is 8.67. The van der Waals surface area contributed by atoms with Gasteiger partial charge in [0.2, 0.25) is 5.91 Å². The van der Waals surface area contributed by atoms with Crippen molar-refractivity contribution >= 4 is 46.6 Å². The van der Waals surface area contributed by atoms with E-state index in [2.05, 4.69) is 10.6 Å². The second kappa shape index (κ2) is 16.1. The maximum absolute atomic E-state index is 13.3. The van der Waals surface area contributed by atoms with Gasteiger partial charge in [0.25, 0.3) is 0 Å². The first-order valence-corrected chi connectivity index (χ1v) is 13.8. The van der Waals surface area contributed by atoms with Crippen LogP contribution in [0.1, 0.15) is 16.7 Å². The van der Waals surface area contributed by atoms with Crippen LogP contribution in [-0.4, -0.2) is 53.3 Å². The molecule has 2 atom stereocenters. The monoisotopic (exact) mass is 600 g/mol. The average Bonchev–Trinajstić information content (AvgIpc) is 2.99. The van der Waals surface area contributed by atoms with Crippen molar-refractivity contribution in [3.63, 3.8) is 0 Å². The fourth-order valence-electron chi connectivity index (χ4n) is 3.52. The number of alkyl carbamates (subject to hydrolysis) is 1. The fraction of sp³-hybridized carbons (Fsp3) is 0.241. The predicted molar refractivity (Wildman–Crippen MR) is 153 cm³/mol. The van der Waals surface area contributed by atoms with Crippen LogP contribution in [0.15, 0.2) is 78.9 Å². The predicted octanol–water partition coefficient (Wildman–Crippen LogP) is 4.61. The molecular formula is C29H29ClN2O8S. The summed E-state index contributed by atoms with van der Waals surface area (Å²) in [5, 5.41) is 14.1. The number of amides is 2. The highest BCUT2D eigenvalue weighted by molar-refractivity contribution is 8.13. The van der Waals surface area contributed by atoms with E-state index in [0.717, 1.165) is 11.1 Å². The largest absolute Gasteiger partial charge is 0.506 e. The number of carbonyl (C=O) groups excluding carboxylic acids is 4. The molecule has 0 saturated carbocycles. The van der Waals surface area contributed by atoms with Gasteiger partial charge in [-0.15, -0.1) is 0 Å². The molecule has 0 bridgehead atoms. The van der Waals surface area contributed by atoms with Gasteiger partial charge in [0.1, 0.15) is 31.0 Å². The molecular weight excluding hydrogens is 572 g/mol. The molecule has 0 aliphatic rings. The maximum atomic E-state index is 13.3. The minimum Gasteiger partial charge on any atom is -0.506 e. The molecule has 0 unspecified atom stereocenters. The van der Waals surface area contributed by atoms with Crippen LogP contribution in [0.5, 0.6) is 5.75 Å². The van der Waals surface area contributed by atoms with Crippen LogP contribution in [0.3, 0.4) is 0 Å². The zero-order valence-electron chi connectivity index (χ0n) is 22.1. The molecule has 3 N–H and O–H groups in total.